The fourth-order valence-corrected chi connectivity index (χ4v) is 6.81. The topological polar surface area (TPSA) is 0 Å². The molecular weight excluding hydrogens is 296 g/mol. The van der Waals surface area contributed by atoms with Crippen LogP contribution in [-0.4, -0.2) is 14.3 Å². The van der Waals surface area contributed by atoms with Gasteiger partial charge in [0.25, 0.3) is 0 Å². The van der Waals surface area contributed by atoms with Crippen molar-refractivity contribution < 1.29 is 0 Å². The van der Waals surface area contributed by atoms with Crippen LogP contribution in [0.2, 0.25) is 14.8 Å². The molecule has 0 amide bonds. The maximum Gasteiger partial charge on any atom is -0.107 e. The maximum atomic E-state index is 2.40. The van der Waals surface area contributed by atoms with Crippen molar-refractivity contribution >= 4 is 38.3 Å². The van der Waals surface area contributed by atoms with Crippen molar-refractivity contribution in [1.82, 2.24) is 0 Å². The number of rotatable bonds is 2. The first-order chi connectivity index (χ1) is 4.02. The Kier molecular flexibility index (Phi) is 8.11. The third-order valence-corrected chi connectivity index (χ3v) is 9.95. The average molecular weight is 316 g/mol. The molecule has 0 bridgehead atoms. The van der Waals surface area contributed by atoms with Crippen molar-refractivity contribution in [3.8, 4) is 0 Å². The monoisotopic (exact) mass is 317 g/mol. The van der Waals surface area contributed by atoms with Crippen LogP contribution in [0.5, 0.6) is 0 Å². The van der Waals surface area contributed by atoms with E-state index in [2.05, 4.69) is 34.6 Å². The summed E-state index contributed by atoms with van der Waals surface area (Å²) in [5, 5.41) is 2.97. The van der Waals surface area contributed by atoms with E-state index in [0.29, 0.717) is 4.25 Å². The minimum atomic E-state index is -0.637. The molecular formula is C8H20GeI. The summed E-state index contributed by atoms with van der Waals surface area (Å²) in [4.78, 5) is 0. The zero-order valence-electron chi connectivity index (χ0n) is 7.82. The normalized spacial score (nSPS) is 11.4. The molecule has 0 rings (SSSR count). The molecule has 0 aliphatic rings. The molecule has 0 atom stereocenters. The Balaban J connectivity index is 0. The molecule has 63 valence electrons. The summed E-state index contributed by atoms with van der Waals surface area (Å²) in [5.41, 5.74) is 0. The van der Waals surface area contributed by atoms with Gasteiger partial charge in [-0.2, -0.15) is 0 Å². The first-order valence-electron chi connectivity index (χ1n) is 3.87. The zero-order valence-corrected chi connectivity index (χ0v) is 12.3. The van der Waals surface area contributed by atoms with Crippen molar-refractivity contribution in [3.05, 3.63) is 0 Å². The Bertz CT molecular complexity index is 71.8. The zero-order chi connectivity index (χ0) is 7.49. The molecule has 0 spiro atoms. The fourth-order valence-electron chi connectivity index (χ4n) is 1.31. The molecule has 0 saturated heterocycles. The second-order valence-corrected chi connectivity index (χ2v) is 12.2. The molecule has 0 N–H and O–H groups in total. The summed E-state index contributed by atoms with van der Waals surface area (Å²) in [6.07, 6.45) is 0. The summed E-state index contributed by atoms with van der Waals surface area (Å²) < 4.78 is 0.684. The summed E-state index contributed by atoms with van der Waals surface area (Å²) >= 11 is -0.637. The Morgan fingerprint density at radius 2 is 1.30 bits per heavy atom. The number of hydrogen-bond donors (Lipinski definition) is 0. The van der Waals surface area contributed by atoms with Crippen LogP contribution < -0.4 is 0 Å². The van der Waals surface area contributed by atoms with E-state index in [4.69, 9.17) is 0 Å². The van der Waals surface area contributed by atoms with Crippen LogP contribution >= 0.6 is 24.0 Å². The van der Waals surface area contributed by atoms with Crippen LogP contribution in [0.4, 0.5) is 0 Å². The quantitative estimate of drug-likeness (QED) is 0.535. The maximum absolute atomic E-state index is 2.40. The van der Waals surface area contributed by atoms with Gasteiger partial charge >= 0.3 is 63.7 Å². The first-order valence-corrected chi connectivity index (χ1v) is 7.89. The summed E-state index contributed by atoms with van der Waals surface area (Å²) in [6.45, 7) is 11.9. The Labute approximate surface area is 87.3 Å². The molecule has 0 heterocycles. The molecule has 0 unspecified atom stereocenters. The predicted octanol–water partition coefficient (Wildman–Crippen LogP) is 3.94. The molecule has 0 aliphatic heterocycles. The van der Waals surface area contributed by atoms with E-state index < -0.39 is 14.3 Å². The van der Waals surface area contributed by atoms with Gasteiger partial charge in [0.1, 0.15) is 0 Å². The van der Waals surface area contributed by atoms with Crippen molar-refractivity contribution in [1.29, 1.82) is 0 Å². The van der Waals surface area contributed by atoms with Crippen LogP contribution in [-0.2, 0) is 0 Å². The van der Waals surface area contributed by atoms with Crippen LogP contribution in [0.3, 0.4) is 0 Å². The largest absolute Gasteiger partial charge is 0.107 e. The second-order valence-electron chi connectivity index (χ2n) is 3.56. The van der Waals surface area contributed by atoms with Crippen molar-refractivity contribution in [3.63, 3.8) is 0 Å². The molecule has 0 aromatic rings. The van der Waals surface area contributed by atoms with Crippen LogP contribution in [0.15, 0.2) is 0 Å². The Morgan fingerprint density at radius 1 is 1.00 bits per heavy atom. The van der Waals surface area contributed by atoms with Gasteiger partial charge in [-0.05, 0) is 0 Å². The van der Waals surface area contributed by atoms with E-state index in [0.717, 1.165) is 0 Å². The molecule has 10 heavy (non-hydrogen) atoms. The SMILES string of the molecule is C[CH2][Ge]([CH2]C)[C](C)(C)C.I. The van der Waals surface area contributed by atoms with E-state index >= 15 is 0 Å². The summed E-state index contributed by atoms with van der Waals surface area (Å²) in [6, 6.07) is 0. The van der Waals surface area contributed by atoms with Crippen LogP contribution in [0.1, 0.15) is 34.6 Å². The third-order valence-electron chi connectivity index (χ3n) is 1.91. The Morgan fingerprint density at radius 3 is 1.30 bits per heavy atom. The van der Waals surface area contributed by atoms with Gasteiger partial charge in [-0.25, -0.2) is 0 Å². The third kappa shape index (κ3) is 4.99. The van der Waals surface area contributed by atoms with Crippen molar-refractivity contribution in [2.45, 2.75) is 49.4 Å². The van der Waals surface area contributed by atoms with Gasteiger partial charge in [0.2, 0.25) is 0 Å². The van der Waals surface area contributed by atoms with Crippen molar-refractivity contribution in [2.24, 2.45) is 0 Å². The van der Waals surface area contributed by atoms with Gasteiger partial charge in [-0.3, -0.25) is 0 Å². The van der Waals surface area contributed by atoms with E-state index in [-0.39, 0.29) is 24.0 Å². The van der Waals surface area contributed by atoms with Gasteiger partial charge in [0.15, 0.2) is 0 Å². The predicted molar refractivity (Wildman–Crippen MR) is 61.8 cm³/mol. The molecule has 0 aromatic heterocycles. The molecule has 0 aromatic carbocycles. The van der Waals surface area contributed by atoms with E-state index in [1.54, 1.807) is 0 Å². The minimum Gasteiger partial charge on any atom is -0.107 e. The van der Waals surface area contributed by atoms with Crippen LogP contribution in [0, 0.1) is 0 Å². The van der Waals surface area contributed by atoms with E-state index in [1.807, 2.05) is 0 Å². The van der Waals surface area contributed by atoms with Gasteiger partial charge in [0.05, 0.1) is 0 Å². The second kappa shape index (κ2) is 5.86. The molecule has 1 radical (unpaired) electrons. The summed E-state index contributed by atoms with van der Waals surface area (Å²) in [7, 11) is 0. The van der Waals surface area contributed by atoms with Gasteiger partial charge in [-0.1, -0.05) is 0 Å². The van der Waals surface area contributed by atoms with Gasteiger partial charge in [-0.15, -0.1) is 24.0 Å². The Hall–Kier alpha value is 1.27. The molecule has 0 nitrogen and oxygen atoms in total. The van der Waals surface area contributed by atoms with E-state index in [9.17, 15) is 0 Å². The fraction of sp³-hybridized carbons (Fsp3) is 1.00. The average Bonchev–Trinajstić information content (AvgIpc) is 1.65. The standard InChI is InChI=1S/C8H19Ge.HI/c1-6-9(7-2)8(3,4)5;/h6-7H2,1-5H3;1H. The summed E-state index contributed by atoms with van der Waals surface area (Å²) in [5.74, 6) is 0. The number of hydrogen-bond acceptors (Lipinski definition) is 0. The first kappa shape index (κ1) is 13.8. The molecule has 2 heteroatoms. The molecule has 0 aliphatic carbocycles. The smallest absolute Gasteiger partial charge is 0.107 e. The molecule has 0 saturated carbocycles. The van der Waals surface area contributed by atoms with Gasteiger partial charge in [0, 0.05) is 0 Å². The van der Waals surface area contributed by atoms with Crippen LogP contribution in [0.25, 0.3) is 0 Å². The molecule has 0 fully saturated rings. The van der Waals surface area contributed by atoms with Gasteiger partial charge < -0.3 is 0 Å². The van der Waals surface area contributed by atoms with E-state index in [1.165, 1.54) is 10.5 Å². The number of halogens is 1. The minimum absolute atomic E-state index is 0. The van der Waals surface area contributed by atoms with Crippen molar-refractivity contribution in [2.75, 3.05) is 0 Å².